The number of nitrogens with one attached hydrogen (secondary N) is 1. The Morgan fingerprint density at radius 1 is 0.884 bits per heavy atom. The van der Waals surface area contributed by atoms with Crippen LogP contribution in [0.3, 0.4) is 0 Å². The van der Waals surface area contributed by atoms with E-state index < -0.39 is 52.6 Å². The number of urea groups is 1. The smallest absolute Gasteiger partial charge is 0.430 e. The molecule has 1 heterocycles. The van der Waals surface area contributed by atoms with E-state index >= 15 is 0 Å². The second-order valence-electron chi connectivity index (χ2n) is 10.5. The number of unbranched alkanes of at least 4 members (excludes halogenated alkanes) is 1. The fraction of sp³-hybridized carbons (Fsp3) is 0.517. The third-order valence-electron chi connectivity index (χ3n) is 7.31. The van der Waals surface area contributed by atoms with Crippen LogP contribution < -0.4 is 10.1 Å². The van der Waals surface area contributed by atoms with Gasteiger partial charge in [-0.3, -0.25) is 9.69 Å². The molecule has 6 nitrogen and oxygen atoms in total. The number of imide groups is 1. The number of hydrogen-bond acceptors (Lipinski definition) is 4. The topological polar surface area (TPSA) is 78.9 Å². The van der Waals surface area contributed by atoms with Gasteiger partial charge in [0.05, 0.1) is 6.61 Å². The highest BCUT2D eigenvalue weighted by Crippen LogP contribution is 2.51. The van der Waals surface area contributed by atoms with Crippen molar-refractivity contribution in [2.75, 3.05) is 13.2 Å². The van der Waals surface area contributed by atoms with Gasteiger partial charge in [0.15, 0.2) is 11.6 Å². The van der Waals surface area contributed by atoms with Crippen molar-refractivity contribution in [3.05, 3.63) is 64.2 Å². The lowest BCUT2D eigenvalue weighted by Gasteiger charge is -2.33. The van der Waals surface area contributed by atoms with Gasteiger partial charge in [0, 0.05) is 12.1 Å². The number of carbonyl (C=O) groups excluding carboxylic acids is 2. The van der Waals surface area contributed by atoms with Crippen molar-refractivity contribution in [3.63, 3.8) is 0 Å². The van der Waals surface area contributed by atoms with Gasteiger partial charge in [-0.2, -0.15) is 26.3 Å². The zero-order chi connectivity index (χ0) is 32.4. The van der Waals surface area contributed by atoms with E-state index in [9.17, 15) is 49.8 Å². The van der Waals surface area contributed by atoms with Crippen LogP contribution in [0, 0.1) is 11.6 Å². The van der Waals surface area contributed by atoms with E-state index in [0.717, 1.165) is 17.0 Å². The third-order valence-corrected chi connectivity index (χ3v) is 7.31. The summed E-state index contributed by atoms with van der Waals surface area (Å²) in [5, 5.41) is 12.4. The van der Waals surface area contributed by atoms with Gasteiger partial charge >= 0.3 is 18.4 Å². The lowest BCUT2D eigenvalue weighted by atomic mass is 9.87. The van der Waals surface area contributed by atoms with Gasteiger partial charge in [-0.05, 0) is 73.6 Å². The first kappa shape index (κ1) is 34.1. The fourth-order valence-electron chi connectivity index (χ4n) is 5.00. The van der Waals surface area contributed by atoms with Gasteiger partial charge in [0.25, 0.3) is 11.5 Å². The summed E-state index contributed by atoms with van der Waals surface area (Å²) in [7, 11) is 0. The molecule has 0 aliphatic carbocycles. The summed E-state index contributed by atoms with van der Waals surface area (Å²) in [6.07, 6.45) is -10.7. The Morgan fingerprint density at radius 3 is 1.93 bits per heavy atom. The summed E-state index contributed by atoms with van der Waals surface area (Å²) in [5.41, 5.74) is -7.83. The molecule has 0 saturated carbocycles. The predicted molar refractivity (Wildman–Crippen MR) is 139 cm³/mol. The minimum Gasteiger partial charge on any atom is -0.493 e. The highest BCUT2D eigenvalue weighted by atomic mass is 19.4. The SMILES string of the molecule is CCCc1cc(C(O)(C(F)(F)F)C(F)(F)F)cc(CCC)c1OCCCCN1C(=O)NC(C)(c2ccc(F)c(F)c2)C1=O. The summed E-state index contributed by atoms with van der Waals surface area (Å²) in [6, 6.07) is 3.45. The molecule has 0 bridgehead atoms. The molecule has 2 aromatic rings. The zero-order valence-corrected chi connectivity index (χ0v) is 23.7. The molecule has 0 spiro atoms. The number of rotatable bonds is 12. The van der Waals surface area contributed by atoms with E-state index in [1.165, 1.54) is 13.0 Å². The maximum Gasteiger partial charge on any atom is 0.430 e. The molecular formula is C29H32F8N2O4. The summed E-state index contributed by atoms with van der Waals surface area (Å²) >= 11 is 0. The molecule has 1 aliphatic heterocycles. The Morgan fingerprint density at radius 2 is 1.44 bits per heavy atom. The van der Waals surface area contributed by atoms with Crippen molar-refractivity contribution in [2.24, 2.45) is 0 Å². The number of aliphatic hydroxyl groups is 1. The van der Waals surface area contributed by atoms with E-state index in [0.29, 0.717) is 25.0 Å². The zero-order valence-electron chi connectivity index (χ0n) is 23.7. The van der Waals surface area contributed by atoms with Gasteiger partial charge in [-0.25, -0.2) is 13.6 Å². The lowest BCUT2D eigenvalue weighted by Crippen LogP contribution is -2.54. The Labute approximate surface area is 243 Å². The molecule has 0 aromatic heterocycles. The average Bonchev–Trinajstić information content (AvgIpc) is 3.13. The molecule has 2 N–H and O–H groups in total. The van der Waals surface area contributed by atoms with Crippen LogP contribution in [0.15, 0.2) is 30.3 Å². The van der Waals surface area contributed by atoms with Gasteiger partial charge in [0.2, 0.25) is 0 Å². The Balaban J connectivity index is 1.76. The van der Waals surface area contributed by atoms with Crippen LogP contribution in [0.25, 0.3) is 0 Å². The van der Waals surface area contributed by atoms with Crippen molar-refractivity contribution in [3.8, 4) is 5.75 Å². The molecule has 3 amide bonds. The van der Waals surface area contributed by atoms with E-state index in [1.54, 1.807) is 13.8 Å². The number of amides is 3. The summed E-state index contributed by atoms with van der Waals surface area (Å²) in [5.74, 6) is -2.86. The molecule has 1 fully saturated rings. The molecule has 0 radical (unpaired) electrons. The van der Waals surface area contributed by atoms with E-state index in [1.807, 2.05) is 0 Å². The molecule has 43 heavy (non-hydrogen) atoms. The maximum atomic E-state index is 13.8. The summed E-state index contributed by atoms with van der Waals surface area (Å²) in [6.45, 7) is 4.61. The van der Waals surface area contributed by atoms with Crippen molar-refractivity contribution in [2.45, 2.75) is 82.8 Å². The standard InChI is InChI=1S/C29H32F8N2O4/c1-4-8-17-14-20(27(42,28(32,33)34)29(35,36)37)15-18(9-5-2)23(17)43-13-7-6-12-39-24(40)26(3,38-25(39)41)19-10-11-21(30)22(31)16-19/h10-11,14-16,42H,4-9,12-13H2,1-3H3,(H,38,41). The Hall–Kier alpha value is -3.42. The largest absolute Gasteiger partial charge is 0.493 e. The van der Waals surface area contributed by atoms with Gasteiger partial charge in [-0.1, -0.05) is 32.8 Å². The number of nitrogens with zero attached hydrogens (tertiary/aromatic N) is 1. The normalized spacial score (nSPS) is 17.9. The molecule has 238 valence electrons. The highest BCUT2D eigenvalue weighted by molar-refractivity contribution is 6.07. The minimum absolute atomic E-state index is 0.0420. The van der Waals surface area contributed by atoms with Crippen LogP contribution in [0.2, 0.25) is 0 Å². The number of hydrogen-bond donors (Lipinski definition) is 2. The third kappa shape index (κ3) is 6.58. The lowest BCUT2D eigenvalue weighted by molar-refractivity contribution is -0.376. The number of ether oxygens (including phenoxy) is 1. The van der Waals surface area contributed by atoms with Gasteiger partial charge < -0.3 is 15.2 Å². The van der Waals surface area contributed by atoms with E-state index in [2.05, 4.69) is 5.32 Å². The molecule has 2 aromatic carbocycles. The Kier molecular flexibility index (Phi) is 10.0. The van der Waals surface area contributed by atoms with Crippen molar-refractivity contribution in [1.82, 2.24) is 10.2 Å². The Bertz CT molecular complexity index is 1300. The summed E-state index contributed by atoms with van der Waals surface area (Å²) in [4.78, 5) is 26.4. The fourth-order valence-corrected chi connectivity index (χ4v) is 5.00. The van der Waals surface area contributed by atoms with Crippen molar-refractivity contribution in [1.29, 1.82) is 0 Å². The highest BCUT2D eigenvalue weighted by Gasteiger charge is 2.71. The molecular weight excluding hydrogens is 592 g/mol. The molecule has 3 rings (SSSR count). The second-order valence-corrected chi connectivity index (χ2v) is 10.5. The molecule has 1 unspecified atom stereocenters. The number of halogens is 8. The predicted octanol–water partition coefficient (Wildman–Crippen LogP) is 6.81. The van der Waals surface area contributed by atoms with Gasteiger partial charge in [0.1, 0.15) is 11.3 Å². The van der Waals surface area contributed by atoms with Crippen LogP contribution in [-0.4, -0.2) is 47.4 Å². The monoisotopic (exact) mass is 624 g/mol. The van der Waals surface area contributed by atoms with Gasteiger partial charge in [-0.15, -0.1) is 0 Å². The molecule has 14 heteroatoms. The maximum absolute atomic E-state index is 13.8. The van der Waals surface area contributed by atoms with Crippen LogP contribution in [0.4, 0.5) is 39.9 Å². The molecule has 1 aliphatic rings. The van der Waals surface area contributed by atoms with Crippen molar-refractivity contribution < 1.29 is 54.6 Å². The first-order chi connectivity index (χ1) is 19.9. The van der Waals surface area contributed by atoms with E-state index in [4.69, 9.17) is 4.74 Å². The van der Waals surface area contributed by atoms with Crippen LogP contribution in [-0.2, 0) is 28.8 Å². The first-order valence-corrected chi connectivity index (χ1v) is 13.7. The molecule has 1 saturated heterocycles. The number of aryl methyl sites for hydroxylation is 2. The summed E-state index contributed by atoms with van der Waals surface area (Å²) < 4.78 is 114. The first-order valence-electron chi connectivity index (χ1n) is 13.7. The number of carbonyl (C=O) groups is 2. The average molecular weight is 625 g/mol. The van der Waals surface area contributed by atoms with Crippen LogP contribution >= 0.6 is 0 Å². The second kappa shape index (κ2) is 12.7. The minimum atomic E-state index is -6.03. The van der Waals surface area contributed by atoms with E-state index in [-0.39, 0.29) is 61.3 Å². The molecule has 1 atom stereocenters. The quantitative estimate of drug-likeness (QED) is 0.155. The van der Waals surface area contributed by atoms with Crippen molar-refractivity contribution >= 4 is 11.9 Å². The van der Waals surface area contributed by atoms with Crippen LogP contribution in [0.1, 0.15) is 68.7 Å². The number of alkyl halides is 6. The number of benzene rings is 2. The van der Waals surface area contributed by atoms with Crippen LogP contribution in [0.5, 0.6) is 5.75 Å².